The van der Waals surface area contributed by atoms with E-state index in [4.69, 9.17) is 0 Å². The lowest BCUT2D eigenvalue weighted by Crippen LogP contribution is -2.70. The second-order valence-electron chi connectivity index (χ2n) is 6.91. The number of benzene rings is 1. The van der Waals surface area contributed by atoms with Crippen LogP contribution in [0.2, 0.25) is 0 Å². The summed E-state index contributed by atoms with van der Waals surface area (Å²) in [6.45, 7) is 1.55. The van der Waals surface area contributed by atoms with Crippen molar-refractivity contribution >= 4 is 11.5 Å². The lowest BCUT2D eigenvalue weighted by molar-refractivity contribution is -0.393. The SMILES string of the molecule is CCC1=C(c2ccccc2)C=CC(C(=O)N(C)OC)(C(O)(C(F)(F)F)C(F)(F)F)C1. The predicted octanol–water partition coefficient (Wildman–Crippen LogP) is 4.67. The van der Waals surface area contributed by atoms with E-state index in [1.54, 1.807) is 37.3 Å². The van der Waals surface area contributed by atoms with Crippen molar-refractivity contribution in [3.8, 4) is 0 Å². The van der Waals surface area contributed by atoms with Crippen LogP contribution in [0.3, 0.4) is 0 Å². The number of hydroxylamine groups is 2. The fourth-order valence-electron chi connectivity index (χ4n) is 3.65. The Bertz CT molecular complexity index is 830. The van der Waals surface area contributed by atoms with Crippen molar-refractivity contribution in [2.45, 2.75) is 37.7 Å². The van der Waals surface area contributed by atoms with Gasteiger partial charge >= 0.3 is 12.4 Å². The van der Waals surface area contributed by atoms with E-state index in [0.717, 1.165) is 20.2 Å². The van der Waals surface area contributed by atoms with Crippen LogP contribution in [-0.4, -0.2) is 48.2 Å². The summed E-state index contributed by atoms with van der Waals surface area (Å²) < 4.78 is 82.7. The second-order valence-corrected chi connectivity index (χ2v) is 6.91. The predicted molar refractivity (Wildman–Crippen MR) is 96.7 cm³/mol. The third-order valence-electron chi connectivity index (χ3n) is 5.33. The molecule has 0 aliphatic heterocycles. The molecule has 0 spiro atoms. The molecule has 0 aromatic heterocycles. The van der Waals surface area contributed by atoms with E-state index >= 15 is 0 Å². The number of rotatable bonds is 5. The molecule has 166 valence electrons. The van der Waals surface area contributed by atoms with E-state index in [2.05, 4.69) is 4.84 Å². The zero-order valence-corrected chi connectivity index (χ0v) is 16.4. The molecule has 4 nitrogen and oxygen atoms in total. The summed E-state index contributed by atoms with van der Waals surface area (Å²) in [7, 11) is 1.80. The third-order valence-corrected chi connectivity index (χ3v) is 5.33. The first-order valence-electron chi connectivity index (χ1n) is 8.91. The summed E-state index contributed by atoms with van der Waals surface area (Å²) in [6, 6.07) is 8.32. The van der Waals surface area contributed by atoms with E-state index in [0.29, 0.717) is 17.2 Å². The smallest absolute Gasteiger partial charge is 0.373 e. The Balaban J connectivity index is 2.81. The zero-order chi connectivity index (χ0) is 23.0. The molecule has 0 radical (unpaired) electrons. The number of hydrogen-bond donors (Lipinski definition) is 1. The van der Waals surface area contributed by atoms with Crippen LogP contribution in [0.25, 0.3) is 5.57 Å². The van der Waals surface area contributed by atoms with Crippen LogP contribution in [-0.2, 0) is 9.63 Å². The van der Waals surface area contributed by atoms with Crippen molar-refractivity contribution in [1.29, 1.82) is 0 Å². The molecule has 0 bridgehead atoms. The highest BCUT2D eigenvalue weighted by Crippen LogP contribution is 2.58. The summed E-state index contributed by atoms with van der Waals surface area (Å²) >= 11 is 0. The Morgan fingerprint density at radius 3 is 2.10 bits per heavy atom. The van der Waals surface area contributed by atoms with Crippen molar-refractivity contribution in [2.24, 2.45) is 5.41 Å². The fraction of sp³-hybridized carbons (Fsp3) is 0.450. The van der Waals surface area contributed by atoms with Crippen LogP contribution in [0.5, 0.6) is 0 Å². The molecule has 0 saturated carbocycles. The van der Waals surface area contributed by atoms with Gasteiger partial charge in [-0.1, -0.05) is 55.0 Å². The minimum Gasteiger partial charge on any atom is -0.373 e. The lowest BCUT2D eigenvalue weighted by Gasteiger charge is -2.48. The van der Waals surface area contributed by atoms with Gasteiger partial charge in [0.15, 0.2) is 0 Å². The van der Waals surface area contributed by atoms with Gasteiger partial charge in [0.25, 0.3) is 11.5 Å². The standard InChI is InChI=1S/C20H21F6NO3/c1-4-13-12-17(16(28)27(2)30-3,18(29,19(21,22)23)20(24,25)26)11-10-15(13)14-8-6-5-7-9-14/h5-11,29H,4,12H2,1-3H3. The average Bonchev–Trinajstić information content (AvgIpc) is 2.70. The molecule has 0 fully saturated rings. The van der Waals surface area contributed by atoms with Crippen molar-refractivity contribution < 1.29 is 41.1 Å². The van der Waals surface area contributed by atoms with E-state index in [1.807, 2.05) is 0 Å². The molecule has 1 aliphatic carbocycles. The highest BCUT2D eigenvalue weighted by molar-refractivity contribution is 5.90. The van der Waals surface area contributed by atoms with Gasteiger partial charge in [0, 0.05) is 7.05 Å². The molecule has 30 heavy (non-hydrogen) atoms. The molecule has 1 amide bonds. The van der Waals surface area contributed by atoms with Gasteiger partial charge < -0.3 is 5.11 Å². The Labute approximate surface area is 169 Å². The van der Waals surface area contributed by atoms with Gasteiger partial charge in [-0.05, 0) is 24.0 Å². The first-order valence-corrected chi connectivity index (χ1v) is 8.91. The van der Waals surface area contributed by atoms with Gasteiger partial charge in [-0.25, -0.2) is 5.06 Å². The van der Waals surface area contributed by atoms with Crippen molar-refractivity contribution in [1.82, 2.24) is 5.06 Å². The molecule has 1 aromatic rings. The number of aliphatic hydroxyl groups is 1. The summed E-state index contributed by atoms with van der Waals surface area (Å²) in [4.78, 5) is 17.4. The monoisotopic (exact) mass is 437 g/mol. The van der Waals surface area contributed by atoms with Gasteiger partial charge in [0.05, 0.1) is 7.11 Å². The van der Waals surface area contributed by atoms with E-state index in [9.17, 15) is 36.2 Å². The topological polar surface area (TPSA) is 49.8 Å². The summed E-state index contributed by atoms with van der Waals surface area (Å²) in [6.07, 6.45) is -11.8. The second kappa shape index (κ2) is 8.07. The largest absolute Gasteiger partial charge is 0.427 e. The minimum atomic E-state index is -6.19. The van der Waals surface area contributed by atoms with Crippen molar-refractivity contribution in [2.75, 3.05) is 14.2 Å². The number of carbonyl (C=O) groups is 1. The molecule has 1 atom stereocenters. The van der Waals surface area contributed by atoms with Gasteiger partial charge in [-0.2, -0.15) is 26.3 Å². The first kappa shape index (κ1) is 23.9. The molecule has 10 heteroatoms. The van der Waals surface area contributed by atoms with Gasteiger partial charge in [0.1, 0.15) is 5.41 Å². The highest BCUT2D eigenvalue weighted by atomic mass is 19.4. The van der Waals surface area contributed by atoms with Crippen molar-refractivity contribution in [3.63, 3.8) is 0 Å². The van der Waals surface area contributed by atoms with Crippen LogP contribution < -0.4 is 0 Å². The maximum absolute atomic E-state index is 13.8. The third kappa shape index (κ3) is 3.62. The van der Waals surface area contributed by atoms with Crippen LogP contribution >= 0.6 is 0 Å². The van der Waals surface area contributed by atoms with Crippen molar-refractivity contribution in [3.05, 3.63) is 53.6 Å². The van der Waals surface area contributed by atoms with Gasteiger partial charge in [-0.15, -0.1) is 0 Å². The number of amides is 1. The van der Waals surface area contributed by atoms with Gasteiger partial charge in [0.2, 0.25) is 0 Å². The maximum atomic E-state index is 13.8. The minimum absolute atomic E-state index is 0.0616. The quantitative estimate of drug-likeness (QED) is 0.538. The van der Waals surface area contributed by atoms with Crippen LogP contribution in [0.1, 0.15) is 25.3 Å². The fourth-order valence-corrected chi connectivity index (χ4v) is 3.65. The summed E-state index contributed by atoms with van der Waals surface area (Å²) in [5.41, 5.74) is -7.62. The molecule has 1 unspecified atom stereocenters. The maximum Gasteiger partial charge on any atom is 0.427 e. The molecule has 1 N–H and O–H groups in total. The van der Waals surface area contributed by atoms with Gasteiger partial charge in [-0.3, -0.25) is 9.63 Å². The zero-order valence-electron chi connectivity index (χ0n) is 16.4. The van der Waals surface area contributed by atoms with E-state index < -0.39 is 35.7 Å². The number of nitrogens with zero attached hydrogens (tertiary/aromatic N) is 1. The normalized spacial score (nSPS) is 20.5. The molecule has 0 saturated heterocycles. The Kier molecular flexibility index (Phi) is 6.44. The number of hydrogen-bond acceptors (Lipinski definition) is 3. The Morgan fingerprint density at radius 1 is 1.13 bits per heavy atom. The Morgan fingerprint density at radius 2 is 1.67 bits per heavy atom. The van der Waals surface area contributed by atoms with Crippen LogP contribution in [0, 0.1) is 5.41 Å². The molecular weight excluding hydrogens is 416 g/mol. The number of alkyl halides is 6. The number of carbonyl (C=O) groups excluding carboxylic acids is 1. The lowest BCUT2D eigenvalue weighted by atomic mass is 9.62. The summed E-state index contributed by atoms with van der Waals surface area (Å²) in [5, 5.41) is 10.5. The van der Waals surface area contributed by atoms with E-state index in [-0.39, 0.29) is 17.1 Å². The molecule has 1 aliphatic rings. The Hall–Kier alpha value is -2.33. The first-order chi connectivity index (χ1) is 13.8. The number of halogens is 6. The van der Waals surface area contributed by atoms with Crippen LogP contribution in [0.4, 0.5) is 26.3 Å². The molecule has 0 heterocycles. The van der Waals surface area contributed by atoms with E-state index in [1.165, 1.54) is 0 Å². The molecule has 1 aromatic carbocycles. The number of allylic oxidation sites excluding steroid dienone is 3. The molecule has 2 rings (SSSR count). The summed E-state index contributed by atoms with van der Waals surface area (Å²) in [5.74, 6) is -1.67. The van der Waals surface area contributed by atoms with Crippen LogP contribution in [0.15, 0.2) is 48.1 Å². The average molecular weight is 437 g/mol. The highest BCUT2D eigenvalue weighted by Gasteiger charge is 2.81. The molecular formula is C20H21F6NO3.